The first kappa shape index (κ1) is 13.9. The second kappa shape index (κ2) is 6.15. The summed E-state index contributed by atoms with van der Waals surface area (Å²) in [5.74, 6) is 0.861. The number of fused-ring (bicyclic) bond motifs is 1. The fraction of sp³-hybridized carbons (Fsp3) is 0.769. The number of aromatic nitrogens is 4. The summed E-state index contributed by atoms with van der Waals surface area (Å²) in [5.41, 5.74) is 0. The van der Waals surface area contributed by atoms with Crippen molar-refractivity contribution in [3.63, 3.8) is 0 Å². The van der Waals surface area contributed by atoms with E-state index in [1.165, 1.54) is 0 Å². The van der Waals surface area contributed by atoms with E-state index in [0.29, 0.717) is 6.04 Å². The van der Waals surface area contributed by atoms with Gasteiger partial charge in [0.05, 0.1) is 0 Å². The van der Waals surface area contributed by atoms with Crippen LogP contribution in [-0.2, 0) is 11.2 Å². The van der Waals surface area contributed by atoms with Gasteiger partial charge in [-0.15, -0.1) is 10.2 Å². The van der Waals surface area contributed by atoms with Gasteiger partial charge in [-0.3, -0.25) is 0 Å². The molecule has 0 bridgehead atoms. The van der Waals surface area contributed by atoms with Crippen molar-refractivity contribution < 1.29 is 4.74 Å². The summed E-state index contributed by atoms with van der Waals surface area (Å²) in [6, 6.07) is 0.541. The average Bonchev–Trinajstić information content (AvgIpc) is 3.09. The monoisotopic (exact) mass is 295 g/mol. The Morgan fingerprint density at radius 1 is 1.45 bits per heavy atom. The number of hydrogen-bond donors (Lipinski definition) is 1. The lowest BCUT2D eigenvalue weighted by Crippen LogP contribution is -2.23. The van der Waals surface area contributed by atoms with Crippen LogP contribution in [0.15, 0.2) is 0 Å². The van der Waals surface area contributed by atoms with Gasteiger partial charge >= 0.3 is 0 Å². The molecule has 3 heterocycles. The number of ether oxygens (including phenoxy) is 1. The van der Waals surface area contributed by atoms with E-state index in [-0.39, 0.29) is 6.10 Å². The van der Waals surface area contributed by atoms with Gasteiger partial charge in [-0.2, -0.15) is 9.61 Å². The Hall–Kier alpha value is -1.05. The first-order valence-electron chi connectivity index (χ1n) is 7.30. The van der Waals surface area contributed by atoms with Crippen LogP contribution >= 0.6 is 11.3 Å². The average molecular weight is 295 g/mol. The zero-order valence-electron chi connectivity index (χ0n) is 12.0. The van der Waals surface area contributed by atoms with E-state index in [4.69, 9.17) is 4.74 Å². The topological polar surface area (TPSA) is 64.3 Å². The summed E-state index contributed by atoms with van der Waals surface area (Å²) < 4.78 is 7.54. The molecule has 0 amide bonds. The summed E-state index contributed by atoms with van der Waals surface area (Å²) >= 11 is 1.63. The maximum atomic E-state index is 5.67. The van der Waals surface area contributed by atoms with Crippen LogP contribution in [0.1, 0.15) is 50.0 Å². The van der Waals surface area contributed by atoms with Crippen molar-refractivity contribution in [2.24, 2.45) is 0 Å². The number of nitrogens with zero attached hydrogens (tertiary/aromatic N) is 4. The summed E-state index contributed by atoms with van der Waals surface area (Å²) in [7, 11) is 0. The molecule has 1 aliphatic heterocycles. The number of nitrogens with one attached hydrogen (secondary N) is 1. The van der Waals surface area contributed by atoms with E-state index in [1.807, 2.05) is 4.52 Å². The van der Waals surface area contributed by atoms with Gasteiger partial charge in [0.15, 0.2) is 5.82 Å². The van der Waals surface area contributed by atoms with Crippen LogP contribution < -0.4 is 5.32 Å². The minimum atomic E-state index is 0.0718. The molecule has 2 aromatic heterocycles. The zero-order chi connectivity index (χ0) is 13.9. The maximum absolute atomic E-state index is 5.67. The summed E-state index contributed by atoms with van der Waals surface area (Å²) in [5, 5.41) is 17.6. The molecule has 7 heteroatoms. The number of rotatable bonds is 6. The molecule has 110 valence electrons. The smallest absolute Gasteiger partial charge is 0.234 e. The second-order valence-electron chi connectivity index (χ2n) is 5.46. The van der Waals surface area contributed by atoms with Gasteiger partial charge in [0.1, 0.15) is 11.1 Å². The van der Waals surface area contributed by atoms with Crippen LogP contribution in [0.25, 0.3) is 4.96 Å². The molecule has 20 heavy (non-hydrogen) atoms. The molecule has 0 spiro atoms. The SMILES string of the molecule is CC(C)NCCCc1nn2c(C3CCCO3)nnc2s1. The molecular weight excluding hydrogens is 274 g/mol. The van der Waals surface area contributed by atoms with Crippen molar-refractivity contribution in [1.82, 2.24) is 25.1 Å². The number of hydrogen-bond acceptors (Lipinski definition) is 6. The molecule has 1 fully saturated rings. The van der Waals surface area contributed by atoms with Gasteiger partial charge in [0.25, 0.3) is 0 Å². The fourth-order valence-electron chi connectivity index (χ4n) is 2.39. The van der Waals surface area contributed by atoms with Gasteiger partial charge in [0, 0.05) is 19.1 Å². The van der Waals surface area contributed by atoms with Crippen LogP contribution in [0.2, 0.25) is 0 Å². The molecule has 0 aromatic carbocycles. The molecule has 3 rings (SSSR count). The van der Waals surface area contributed by atoms with Crippen molar-refractivity contribution in [2.45, 2.75) is 51.7 Å². The molecule has 1 saturated heterocycles. The summed E-state index contributed by atoms with van der Waals surface area (Å²) in [6.07, 6.45) is 4.27. The van der Waals surface area contributed by atoms with Crippen molar-refractivity contribution in [1.29, 1.82) is 0 Å². The highest BCUT2D eigenvalue weighted by atomic mass is 32.1. The Morgan fingerprint density at radius 3 is 3.10 bits per heavy atom. The van der Waals surface area contributed by atoms with Crippen molar-refractivity contribution >= 4 is 16.3 Å². The Labute approximate surface area is 122 Å². The van der Waals surface area contributed by atoms with Gasteiger partial charge in [-0.05, 0) is 25.8 Å². The van der Waals surface area contributed by atoms with Gasteiger partial charge in [-0.25, -0.2) is 0 Å². The third kappa shape index (κ3) is 2.99. The lowest BCUT2D eigenvalue weighted by Gasteiger charge is -2.06. The van der Waals surface area contributed by atoms with Gasteiger partial charge < -0.3 is 10.1 Å². The van der Waals surface area contributed by atoms with E-state index >= 15 is 0 Å². The van der Waals surface area contributed by atoms with E-state index < -0.39 is 0 Å². The summed E-state index contributed by atoms with van der Waals surface area (Å²) in [4.78, 5) is 0.877. The van der Waals surface area contributed by atoms with Crippen LogP contribution in [0.5, 0.6) is 0 Å². The van der Waals surface area contributed by atoms with Gasteiger partial charge in [-0.1, -0.05) is 25.2 Å². The lowest BCUT2D eigenvalue weighted by atomic mass is 10.2. The molecule has 6 nitrogen and oxygen atoms in total. The van der Waals surface area contributed by atoms with Crippen molar-refractivity contribution in [2.75, 3.05) is 13.2 Å². The highest BCUT2D eigenvalue weighted by molar-refractivity contribution is 7.16. The first-order valence-corrected chi connectivity index (χ1v) is 8.11. The fourth-order valence-corrected chi connectivity index (χ4v) is 3.27. The van der Waals surface area contributed by atoms with E-state index in [2.05, 4.69) is 34.5 Å². The third-order valence-corrected chi connectivity index (χ3v) is 4.35. The summed E-state index contributed by atoms with van der Waals surface area (Å²) in [6.45, 7) is 6.17. The molecule has 1 unspecified atom stereocenters. The quantitative estimate of drug-likeness (QED) is 0.825. The zero-order valence-corrected chi connectivity index (χ0v) is 12.8. The Balaban J connectivity index is 1.65. The molecule has 1 atom stereocenters. The normalized spacial score (nSPS) is 19.4. The maximum Gasteiger partial charge on any atom is 0.234 e. The Bertz CT molecular complexity index is 558. The molecule has 2 aromatic rings. The molecule has 0 radical (unpaired) electrons. The van der Waals surface area contributed by atoms with Crippen molar-refractivity contribution in [3.8, 4) is 0 Å². The van der Waals surface area contributed by atoms with Crippen molar-refractivity contribution in [3.05, 3.63) is 10.8 Å². The molecule has 1 N–H and O–H groups in total. The first-order chi connectivity index (χ1) is 9.74. The Kier molecular flexibility index (Phi) is 4.28. The molecule has 0 aliphatic carbocycles. The lowest BCUT2D eigenvalue weighted by molar-refractivity contribution is 0.103. The molecule has 0 saturated carbocycles. The third-order valence-electron chi connectivity index (χ3n) is 3.39. The largest absolute Gasteiger partial charge is 0.370 e. The van der Waals surface area contributed by atoms with E-state index in [9.17, 15) is 0 Å². The predicted octanol–water partition coefficient (Wildman–Crippen LogP) is 1.97. The second-order valence-corrected chi connectivity index (χ2v) is 6.50. The molecule has 1 aliphatic rings. The van der Waals surface area contributed by atoms with Gasteiger partial charge in [0.2, 0.25) is 4.96 Å². The van der Waals surface area contributed by atoms with Crippen LogP contribution in [-0.4, -0.2) is 39.0 Å². The minimum absolute atomic E-state index is 0.0718. The van der Waals surface area contributed by atoms with Crippen LogP contribution in [0.3, 0.4) is 0 Å². The molecular formula is C13H21N5OS. The number of aryl methyl sites for hydroxylation is 1. The van der Waals surface area contributed by atoms with Crippen LogP contribution in [0.4, 0.5) is 0 Å². The Morgan fingerprint density at radius 2 is 2.35 bits per heavy atom. The highest BCUT2D eigenvalue weighted by Crippen LogP contribution is 2.28. The van der Waals surface area contributed by atoms with Crippen LogP contribution in [0, 0.1) is 0 Å². The standard InChI is InChI=1S/C13H21N5OS/c1-9(2)14-7-3-6-11-17-18-12(10-5-4-8-19-10)15-16-13(18)20-11/h9-10,14H,3-8H2,1-2H3. The predicted molar refractivity (Wildman–Crippen MR) is 78.0 cm³/mol. The highest BCUT2D eigenvalue weighted by Gasteiger charge is 2.24. The minimum Gasteiger partial charge on any atom is -0.370 e. The van der Waals surface area contributed by atoms with E-state index in [0.717, 1.165) is 54.6 Å². The van der Waals surface area contributed by atoms with E-state index in [1.54, 1.807) is 11.3 Å².